The van der Waals surface area contributed by atoms with E-state index in [4.69, 9.17) is 4.74 Å². The fourth-order valence-corrected chi connectivity index (χ4v) is 3.09. The van der Waals surface area contributed by atoms with E-state index in [0.717, 1.165) is 32.1 Å². The lowest BCUT2D eigenvalue weighted by Crippen LogP contribution is -2.31. The predicted octanol–water partition coefficient (Wildman–Crippen LogP) is 1.55. The van der Waals surface area contributed by atoms with Gasteiger partial charge in [0.1, 0.15) is 12.4 Å². The van der Waals surface area contributed by atoms with Gasteiger partial charge < -0.3 is 9.30 Å². The van der Waals surface area contributed by atoms with Crippen molar-refractivity contribution in [3.05, 3.63) is 26.7 Å². The number of unbranched alkanes of at least 4 members (excludes halogenated alkanes) is 1. The zero-order chi connectivity index (χ0) is 18.0. The van der Waals surface area contributed by atoms with E-state index in [0.29, 0.717) is 30.1 Å². The van der Waals surface area contributed by atoms with Gasteiger partial charge in [0.05, 0.1) is 5.92 Å². The van der Waals surface area contributed by atoms with Crippen molar-refractivity contribution >= 4 is 17.1 Å². The lowest BCUT2D eigenvalue weighted by atomic mass is 9.86. The Hall–Kier alpha value is -2.38. The molecular formula is C17H24N4O4. The molecule has 0 radical (unpaired) electrons. The van der Waals surface area contributed by atoms with Crippen LogP contribution in [0.2, 0.25) is 0 Å². The van der Waals surface area contributed by atoms with Crippen LogP contribution in [0.15, 0.2) is 9.59 Å². The number of rotatable bonds is 7. The van der Waals surface area contributed by atoms with Gasteiger partial charge >= 0.3 is 11.7 Å². The molecule has 25 heavy (non-hydrogen) atoms. The van der Waals surface area contributed by atoms with Gasteiger partial charge in [-0.25, -0.2) is 9.78 Å². The number of carbonyl (C=O) groups is 1. The van der Waals surface area contributed by atoms with E-state index >= 15 is 0 Å². The van der Waals surface area contributed by atoms with Crippen molar-refractivity contribution in [3.8, 4) is 0 Å². The number of hydrogen-bond donors (Lipinski definition) is 1. The molecule has 0 spiro atoms. The summed E-state index contributed by atoms with van der Waals surface area (Å²) in [5, 5.41) is 0. The number of nitrogens with one attached hydrogen (secondary N) is 1. The highest BCUT2D eigenvalue weighted by molar-refractivity contribution is 5.73. The number of ether oxygens (including phenoxy) is 1. The van der Waals surface area contributed by atoms with Crippen LogP contribution < -0.4 is 11.2 Å². The number of aryl methyl sites for hydroxylation is 2. The van der Waals surface area contributed by atoms with Crippen molar-refractivity contribution in [3.63, 3.8) is 0 Å². The predicted molar refractivity (Wildman–Crippen MR) is 92.3 cm³/mol. The molecule has 1 aliphatic rings. The van der Waals surface area contributed by atoms with E-state index in [-0.39, 0.29) is 18.5 Å². The van der Waals surface area contributed by atoms with Gasteiger partial charge in [-0.05, 0) is 26.2 Å². The Balaban J connectivity index is 1.97. The molecule has 0 saturated heterocycles. The summed E-state index contributed by atoms with van der Waals surface area (Å²) >= 11 is 0. The summed E-state index contributed by atoms with van der Waals surface area (Å²) in [6.45, 7) is 4.93. The van der Waals surface area contributed by atoms with E-state index in [1.165, 1.54) is 4.57 Å². The molecule has 0 atom stereocenters. The minimum absolute atomic E-state index is 0.00871. The van der Waals surface area contributed by atoms with Crippen LogP contribution in [0.25, 0.3) is 11.2 Å². The highest BCUT2D eigenvalue weighted by Gasteiger charge is 2.27. The molecule has 3 rings (SSSR count). The fraction of sp³-hybridized carbons (Fsp3) is 0.647. The number of fused-ring (bicyclic) bond motifs is 1. The maximum atomic E-state index is 12.3. The van der Waals surface area contributed by atoms with Crippen LogP contribution in [-0.4, -0.2) is 25.1 Å². The van der Waals surface area contributed by atoms with Crippen molar-refractivity contribution < 1.29 is 9.53 Å². The number of hydrogen-bond acceptors (Lipinski definition) is 5. The van der Waals surface area contributed by atoms with Crippen LogP contribution in [0.4, 0.5) is 0 Å². The number of carbonyl (C=O) groups excluding carboxylic acids is 1. The number of imidazole rings is 1. The largest absolute Gasteiger partial charge is 0.457 e. The molecule has 0 aliphatic heterocycles. The first kappa shape index (κ1) is 17.4. The first-order valence-corrected chi connectivity index (χ1v) is 8.95. The third-order valence-electron chi connectivity index (χ3n) is 4.80. The lowest BCUT2D eigenvalue weighted by Gasteiger charge is -2.22. The maximum Gasteiger partial charge on any atom is 0.330 e. The van der Waals surface area contributed by atoms with E-state index in [2.05, 4.69) is 9.97 Å². The average molecular weight is 348 g/mol. The second-order valence-corrected chi connectivity index (χ2v) is 6.44. The standard InChI is InChI=1S/C17H24N4O4/c1-3-5-9-21-14-13(15(22)19-17(21)24)20(4-2)12(18-14)10-25-16(23)11-7-6-8-11/h11H,3-10H2,1-2H3,(H,19,22,24). The number of aromatic amines is 1. The monoisotopic (exact) mass is 348 g/mol. The molecule has 0 unspecified atom stereocenters. The van der Waals surface area contributed by atoms with Crippen LogP contribution in [0.1, 0.15) is 51.8 Å². The highest BCUT2D eigenvalue weighted by Crippen LogP contribution is 2.27. The Labute approximate surface area is 144 Å². The smallest absolute Gasteiger partial charge is 0.330 e. The summed E-state index contributed by atoms with van der Waals surface area (Å²) in [6, 6.07) is 0. The van der Waals surface area contributed by atoms with Gasteiger partial charge in [0.15, 0.2) is 11.2 Å². The first-order valence-electron chi connectivity index (χ1n) is 8.95. The quantitative estimate of drug-likeness (QED) is 0.765. The minimum atomic E-state index is -0.460. The molecule has 136 valence electrons. The van der Waals surface area contributed by atoms with Gasteiger partial charge in [0, 0.05) is 13.1 Å². The third-order valence-corrected chi connectivity index (χ3v) is 4.80. The van der Waals surface area contributed by atoms with Crippen LogP contribution in [-0.2, 0) is 29.2 Å². The van der Waals surface area contributed by atoms with Crippen molar-refractivity contribution in [2.45, 2.75) is 65.6 Å². The normalized spacial score (nSPS) is 14.6. The van der Waals surface area contributed by atoms with E-state index in [1.54, 1.807) is 4.57 Å². The van der Waals surface area contributed by atoms with Crippen LogP contribution in [0, 0.1) is 5.92 Å². The van der Waals surface area contributed by atoms with E-state index in [1.807, 2.05) is 13.8 Å². The molecule has 1 aliphatic carbocycles. The second kappa shape index (κ2) is 7.25. The zero-order valence-electron chi connectivity index (χ0n) is 14.7. The summed E-state index contributed by atoms with van der Waals surface area (Å²) in [6.07, 6.45) is 4.55. The SMILES string of the molecule is CCCCn1c(=O)[nH]c(=O)c2c1nc(COC(=O)C1CCC1)n2CC. The van der Waals surface area contributed by atoms with Gasteiger partial charge in [-0.15, -0.1) is 0 Å². The topological polar surface area (TPSA) is 99.0 Å². The van der Waals surface area contributed by atoms with E-state index in [9.17, 15) is 14.4 Å². The molecule has 8 nitrogen and oxygen atoms in total. The Bertz CT molecular complexity index is 888. The molecule has 1 fully saturated rings. The molecule has 1 saturated carbocycles. The van der Waals surface area contributed by atoms with Crippen LogP contribution >= 0.6 is 0 Å². The Kier molecular flexibility index (Phi) is 5.06. The van der Waals surface area contributed by atoms with Crippen molar-refractivity contribution in [1.82, 2.24) is 19.1 Å². The summed E-state index contributed by atoms with van der Waals surface area (Å²) < 4.78 is 8.58. The Morgan fingerprint density at radius 1 is 1.28 bits per heavy atom. The minimum Gasteiger partial charge on any atom is -0.457 e. The van der Waals surface area contributed by atoms with Crippen molar-refractivity contribution in [2.75, 3.05) is 0 Å². The second-order valence-electron chi connectivity index (χ2n) is 6.44. The first-order chi connectivity index (χ1) is 12.1. The molecule has 0 amide bonds. The number of nitrogens with zero attached hydrogens (tertiary/aromatic N) is 3. The van der Waals surface area contributed by atoms with Gasteiger partial charge in [0.2, 0.25) is 0 Å². The number of esters is 1. The molecular weight excluding hydrogens is 324 g/mol. The van der Waals surface area contributed by atoms with E-state index < -0.39 is 11.2 Å². The van der Waals surface area contributed by atoms with Gasteiger partial charge in [-0.3, -0.25) is 19.1 Å². The summed E-state index contributed by atoms with van der Waals surface area (Å²) in [4.78, 5) is 43.2. The molecule has 0 aromatic carbocycles. The van der Waals surface area contributed by atoms with Gasteiger partial charge in [-0.1, -0.05) is 19.8 Å². The fourth-order valence-electron chi connectivity index (χ4n) is 3.09. The third kappa shape index (κ3) is 3.25. The summed E-state index contributed by atoms with van der Waals surface area (Å²) in [5.74, 6) is 0.273. The summed E-state index contributed by atoms with van der Waals surface area (Å²) in [5.41, 5.74) is -0.199. The molecule has 2 aromatic heterocycles. The molecule has 2 aromatic rings. The molecule has 0 bridgehead atoms. The molecule has 8 heteroatoms. The summed E-state index contributed by atoms with van der Waals surface area (Å²) in [7, 11) is 0. The van der Waals surface area contributed by atoms with Crippen LogP contribution in [0.5, 0.6) is 0 Å². The van der Waals surface area contributed by atoms with Crippen molar-refractivity contribution in [2.24, 2.45) is 5.92 Å². The maximum absolute atomic E-state index is 12.3. The van der Waals surface area contributed by atoms with Gasteiger partial charge in [0.25, 0.3) is 5.56 Å². The Morgan fingerprint density at radius 3 is 2.64 bits per heavy atom. The van der Waals surface area contributed by atoms with Gasteiger partial charge in [-0.2, -0.15) is 0 Å². The lowest BCUT2D eigenvalue weighted by molar-refractivity contribution is -0.153. The number of H-pyrrole nitrogens is 1. The number of aromatic nitrogens is 4. The zero-order valence-corrected chi connectivity index (χ0v) is 14.7. The highest BCUT2D eigenvalue weighted by atomic mass is 16.5. The molecule has 1 N–H and O–H groups in total. The molecule has 2 heterocycles. The Morgan fingerprint density at radius 2 is 2.04 bits per heavy atom. The average Bonchev–Trinajstić information content (AvgIpc) is 2.90. The van der Waals surface area contributed by atoms with Crippen LogP contribution in [0.3, 0.4) is 0 Å². The van der Waals surface area contributed by atoms with Crippen molar-refractivity contribution in [1.29, 1.82) is 0 Å².